The molecule has 4 rings (SSSR count). The Labute approximate surface area is 211 Å². The molecule has 0 saturated heterocycles. The van der Waals surface area contributed by atoms with Crippen molar-refractivity contribution in [3.05, 3.63) is 77.9 Å². The highest BCUT2D eigenvalue weighted by Crippen LogP contribution is 2.58. The molecule has 2 aliphatic rings. The number of carbonyl (C=O) groups excluding carboxylic acids is 3. The number of fused-ring (bicyclic) bond motifs is 2. The van der Waals surface area contributed by atoms with Crippen LogP contribution in [0.4, 0.5) is 4.79 Å². The number of amides is 1. The van der Waals surface area contributed by atoms with Crippen LogP contribution in [0.25, 0.3) is 6.08 Å². The predicted molar refractivity (Wildman–Crippen MR) is 134 cm³/mol. The van der Waals surface area contributed by atoms with Gasteiger partial charge in [-0.15, -0.1) is 0 Å². The van der Waals surface area contributed by atoms with Crippen molar-refractivity contribution in [1.82, 2.24) is 5.32 Å². The minimum atomic E-state index is -1.53. The fraction of sp³-hybridized carbons (Fsp3) is 0.414. The monoisotopic (exact) mass is 491 g/mol. The van der Waals surface area contributed by atoms with Crippen LogP contribution >= 0.6 is 0 Å². The first kappa shape index (κ1) is 25.5. The van der Waals surface area contributed by atoms with Crippen LogP contribution in [0.2, 0.25) is 0 Å². The summed E-state index contributed by atoms with van der Waals surface area (Å²) in [6, 6.07) is 19.2. The van der Waals surface area contributed by atoms with Gasteiger partial charge in [0.25, 0.3) is 0 Å². The number of hydrogen-bond acceptors (Lipinski definition) is 6. The standard InChI is InChI=1S/C29H33NO6/c1-3-34-26(31)25-24-18-23(17-22(24)16-15-20-11-7-5-8-12-20)29(25,27(32)35-4-2)30-28(33)36-19-21-13-9-6-10-14-21/h5-16,22-25H,3-4,17-19H2,1-2H3,(H,30,33)/b16-15+/t22-,23-,24-,25-,29+/m0/s1. The molecule has 190 valence electrons. The predicted octanol–water partition coefficient (Wildman–Crippen LogP) is 4.76. The largest absolute Gasteiger partial charge is 0.466 e. The number of rotatable bonds is 9. The number of allylic oxidation sites excluding steroid dienone is 1. The van der Waals surface area contributed by atoms with Gasteiger partial charge in [0.2, 0.25) is 0 Å². The van der Waals surface area contributed by atoms with E-state index in [9.17, 15) is 14.4 Å². The van der Waals surface area contributed by atoms with Crippen LogP contribution in [0, 0.1) is 23.7 Å². The van der Waals surface area contributed by atoms with E-state index in [1.54, 1.807) is 13.8 Å². The highest BCUT2D eigenvalue weighted by atomic mass is 16.6. The number of benzene rings is 2. The summed E-state index contributed by atoms with van der Waals surface area (Å²) in [4.78, 5) is 39.7. The number of ether oxygens (including phenoxy) is 3. The van der Waals surface area contributed by atoms with E-state index in [1.807, 2.05) is 66.7 Å². The zero-order valence-corrected chi connectivity index (χ0v) is 20.7. The molecule has 2 bridgehead atoms. The van der Waals surface area contributed by atoms with Crippen molar-refractivity contribution < 1.29 is 28.6 Å². The molecule has 5 atom stereocenters. The van der Waals surface area contributed by atoms with Gasteiger partial charge in [0.15, 0.2) is 5.54 Å². The number of esters is 2. The van der Waals surface area contributed by atoms with Gasteiger partial charge in [-0.1, -0.05) is 72.8 Å². The lowest BCUT2D eigenvalue weighted by atomic mass is 9.68. The van der Waals surface area contributed by atoms with E-state index in [0.717, 1.165) is 11.1 Å². The van der Waals surface area contributed by atoms with Gasteiger partial charge in [0.05, 0.1) is 19.1 Å². The van der Waals surface area contributed by atoms with Gasteiger partial charge in [-0.3, -0.25) is 4.79 Å². The minimum Gasteiger partial charge on any atom is -0.466 e. The average Bonchev–Trinajstić information content (AvgIpc) is 3.45. The third kappa shape index (κ3) is 5.15. The van der Waals surface area contributed by atoms with Crippen LogP contribution in [0.1, 0.15) is 37.8 Å². The molecule has 0 spiro atoms. The maximum absolute atomic E-state index is 13.5. The smallest absolute Gasteiger partial charge is 0.408 e. The second kappa shape index (κ2) is 11.4. The molecule has 0 heterocycles. The molecule has 36 heavy (non-hydrogen) atoms. The van der Waals surface area contributed by atoms with E-state index < -0.39 is 29.5 Å². The van der Waals surface area contributed by atoms with E-state index in [4.69, 9.17) is 14.2 Å². The molecular formula is C29H33NO6. The van der Waals surface area contributed by atoms with E-state index in [-0.39, 0.29) is 37.6 Å². The maximum Gasteiger partial charge on any atom is 0.408 e. The Balaban J connectivity index is 1.60. The summed E-state index contributed by atoms with van der Waals surface area (Å²) in [7, 11) is 0. The number of hydrogen-bond donors (Lipinski definition) is 1. The van der Waals surface area contributed by atoms with E-state index >= 15 is 0 Å². The van der Waals surface area contributed by atoms with Crippen molar-refractivity contribution >= 4 is 24.1 Å². The summed E-state index contributed by atoms with van der Waals surface area (Å²) in [6.45, 7) is 3.79. The Morgan fingerprint density at radius 2 is 1.58 bits per heavy atom. The van der Waals surface area contributed by atoms with Crippen LogP contribution < -0.4 is 5.32 Å². The van der Waals surface area contributed by atoms with Crippen molar-refractivity contribution in [2.75, 3.05) is 13.2 Å². The molecule has 0 unspecified atom stereocenters. The number of carbonyl (C=O) groups is 3. The van der Waals surface area contributed by atoms with E-state index in [0.29, 0.717) is 12.8 Å². The molecule has 2 saturated carbocycles. The SMILES string of the molecule is CCOC(=O)[C@@H]1[C@H]2C[C@H](C[C@@H]2/C=C/c2ccccc2)[C@]1(NC(=O)OCc1ccccc1)C(=O)OCC. The first-order valence-corrected chi connectivity index (χ1v) is 12.6. The Morgan fingerprint density at radius 3 is 2.25 bits per heavy atom. The first-order chi connectivity index (χ1) is 17.5. The second-order valence-electron chi connectivity index (χ2n) is 9.27. The Kier molecular flexibility index (Phi) is 8.08. The number of nitrogens with one attached hydrogen (secondary N) is 1. The van der Waals surface area contributed by atoms with Crippen molar-refractivity contribution in [3.63, 3.8) is 0 Å². The van der Waals surface area contributed by atoms with Gasteiger partial charge in [0, 0.05) is 0 Å². The maximum atomic E-state index is 13.5. The summed E-state index contributed by atoms with van der Waals surface area (Å²) in [5.41, 5.74) is 0.351. The molecule has 1 amide bonds. The van der Waals surface area contributed by atoms with Crippen molar-refractivity contribution in [1.29, 1.82) is 0 Å². The highest BCUT2D eigenvalue weighted by Gasteiger charge is 2.69. The summed E-state index contributed by atoms with van der Waals surface area (Å²) < 4.78 is 16.3. The topological polar surface area (TPSA) is 90.9 Å². The van der Waals surface area contributed by atoms with Gasteiger partial charge in [-0.05, 0) is 55.6 Å². The summed E-state index contributed by atoms with van der Waals surface area (Å²) >= 11 is 0. The van der Waals surface area contributed by atoms with Gasteiger partial charge >= 0.3 is 18.0 Å². The van der Waals surface area contributed by atoms with Crippen LogP contribution in [0.5, 0.6) is 0 Å². The zero-order chi connectivity index (χ0) is 25.5. The molecular weight excluding hydrogens is 458 g/mol. The van der Waals surface area contributed by atoms with Crippen LogP contribution in [-0.2, 0) is 30.4 Å². The minimum absolute atomic E-state index is 0.0478. The Hall–Kier alpha value is -3.61. The molecule has 2 aromatic carbocycles. The molecule has 0 aromatic heterocycles. The van der Waals surface area contributed by atoms with Gasteiger partial charge in [-0.2, -0.15) is 0 Å². The molecule has 2 aliphatic carbocycles. The highest BCUT2D eigenvalue weighted by molar-refractivity contribution is 5.94. The van der Waals surface area contributed by atoms with Crippen LogP contribution in [0.3, 0.4) is 0 Å². The first-order valence-electron chi connectivity index (χ1n) is 12.6. The van der Waals surface area contributed by atoms with Crippen LogP contribution in [0.15, 0.2) is 66.7 Å². The van der Waals surface area contributed by atoms with E-state index in [1.165, 1.54) is 0 Å². The lowest BCUT2D eigenvalue weighted by Gasteiger charge is -2.42. The van der Waals surface area contributed by atoms with Gasteiger partial charge < -0.3 is 19.5 Å². The fourth-order valence-electron chi connectivity index (χ4n) is 5.77. The molecule has 0 aliphatic heterocycles. The quantitative estimate of drug-likeness (QED) is 0.402. The van der Waals surface area contributed by atoms with Crippen molar-refractivity contribution in [2.45, 2.75) is 38.8 Å². The molecule has 7 nitrogen and oxygen atoms in total. The second-order valence-corrected chi connectivity index (χ2v) is 9.27. The summed E-state index contributed by atoms with van der Waals surface area (Å²) in [5, 5.41) is 2.80. The molecule has 2 aromatic rings. The van der Waals surface area contributed by atoms with E-state index in [2.05, 4.69) is 11.4 Å². The Morgan fingerprint density at radius 1 is 0.917 bits per heavy atom. The van der Waals surface area contributed by atoms with Crippen molar-refractivity contribution in [2.24, 2.45) is 23.7 Å². The third-order valence-corrected chi connectivity index (χ3v) is 7.24. The molecule has 7 heteroatoms. The van der Waals surface area contributed by atoms with Crippen molar-refractivity contribution in [3.8, 4) is 0 Å². The van der Waals surface area contributed by atoms with Crippen LogP contribution in [-0.4, -0.2) is 36.8 Å². The fourth-order valence-corrected chi connectivity index (χ4v) is 5.77. The number of alkyl carbamates (subject to hydrolysis) is 1. The molecule has 1 N–H and O–H groups in total. The molecule has 2 fully saturated rings. The normalized spacial score (nSPS) is 26.5. The molecule has 0 radical (unpaired) electrons. The van der Waals surface area contributed by atoms with Gasteiger partial charge in [-0.25, -0.2) is 9.59 Å². The van der Waals surface area contributed by atoms with Gasteiger partial charge in [0.1, 0.15) is 6.61 Å². The zero-order valence-electron chi connectivity index (χ0n) is 20.7. The third-order valence-electron chi connectivity index (χ3n) is 7.24. The average molecular weight is 492 g/mol. The summed E-state index contributed by atoms with van der Waals surface area (Å²) in [6.07, 6.45) is 4.63. The lowest BCUT2D eigenvalue weighted by molar-refractivity contribution is -0.168. The lowest BCUT2D eigenvalue weighted by Crippen LogP contribution is -2.65. The summed E-state index contributed by atoms with van der Waals surface area (Å²) in [5.74, 6) is -2.38. The Bertz CT molecular complexity index is 1090.